The van der Waals surface area contributed by atoms with Crippen LogP contribution in [0.4, 0.5) is 0 Å². The number of hydrogen-bond donors (Lipinski definition) is 0. The van der Waals surface area contributed by atoms with Crippen LogP contribution in [0.25, 0.3) is 0 Å². The predicted molar refractivity (Wildman–Crippen MR) is 74.0 cm³/mol. The average Bonchev–Trinajstić information content (AvgIpc) is 2.39. The summed E-state index contributed by atoms with van der Waals surface area (Å²) < 4.78 is 10.7. The van der Waals surface area contributed by atoms with Crippen LogP contribution in [0.1, 0.15) is 18.3 Å². The molecule has 0 spiro atoms. The van der Waals surface area contributed by atoms with Gasteiger partial charge in [0.25, 0.3) is 0 Å². The van der Waals surface area contributed by atoms with E-state index in [0.29, 0.717) is 29.9 Å². The number of aromatic nitrogens is 2. The highest BCUT2D eigenvalue weighted by Gasteiger charge is 2.08. The van der Waals surface area contributed by atoms with Gasteiger partial charge in [0.15, 0.2) is 0 Å². The third kappa shape index (κ3) is 3.58. The van der Waals surface area contributed by atoms with Crippen LogP contribution in [0.5, 0.6) is 11.6 Å². The number of hydrogen-bond acceptors (Lipinski definition) is 4. The van der Waals surface area contributed by atoms with Gasteiger partial charge in [-0.15, -0.1) is 0 Å². The summed E-state index contributed by atoms with van der Waals surface area (Å²) in [5.41, 5.74) is 1.01. The van der Waals surface area contributed by atoms with Crippen molar-refractivity contribution in [3.63, 3.8) is 0 Å². The molecule has 0 fully saturated rings. The minimum atomic E-state index is 0.378. The Bertz CT molecular complexity index is 561. The molecule has 4 nitrogen and oxygen atoms in total. The Labute approximate surface area is 117 Å². The van der Waals surface area contributed by atoms with E-state index in [0.717, 1.165) is 11.3 Å². The molecular weight excluding hydrogens is 264 g/mol. The number of nitrogens with zero attached hydrogens (tertiary/aromatic N) is 2. The van der Waals surface area contributed by atoms with Crippen molar-refractivity contribution >= 4 is 11.6 Å². The van der Waals surface area contributed by atoms with Crippen LogP contribution in [0.15, 0.2) is 30.3 Å². The Morgan fingerprint density at radius 2 is 2.00 bits per heavy atom. The van der Waals surface area contributed by atoms with Crippen LogP contribution >= 0.6 is 11.6 Å². The van der Waals surface area contributed by atoms with E-state index in [1.165, 1.54) is 0 Å². The van der Waals surface area contributed by atoms with Gasteiger partial charge in [0.1, 0.15) is 16.7 Å². The van der Waals surface area contributed by atoms with Crippen molar-refractivity contribution < 1.29 is 9.47 Å². The van der Waals surface area contributed by atoms with Gasteiger partial charge in [0.05, 0.1) is 13.7 Å². The third-order valence-electron chi connectivity index (χ3n) is 2.55. The molecule has 0 saturated carbocycles. The fourth-order valence-corrected chi connectivity index (χ4v) is 1.95. The SMILES string of the molecule is CCOc1cc(Cl)nc(Cc2ccccc2OC)n1. The van der Waals surface area contributed by atoms with Gasteiger partial charge >= 0.3 is 0 Å². The van der Waals surface area contributed by atoms with E-state index in [-0.39, 0.29) is 0 Å². The summed E-state index contributed by atoms with van der Waals surface area (Å²) in [6.07, 6.45) is 0.546. The van der Waals surface area contributed by atoms with Gasteiger partial charge in [-0.05, 0) is 13.0 Å². The lowest BCUT2D eigenvalue weighted by Crippen LogP contribution is -2.02. The van der Waals surface area contributed by atoms with E-state index in [1.54, 1.807) is 13.2 Å². The smallest absolute Gasteiger partial charge is 0.218 e. The third-order valence-corrected chi connectivity index (χ3v) is 2.74. The highest BCUT2D eigenvalue weighted by atomic mass is 35.5. The summed E-state index contributed by atoms with van der Waals surface area (Å²) in [5.74, 6) is 1.91. The van der Waals surface area contributed by atoms with Crippen LogP contribution < -0.4 is 9.47 Å². The lowest BCUT2D eigenvalue weighted by molar-refractivity contribution is 0.325. The van der Waals surface area contributed by atoms with Crippen LogP contribution in [0.2, 0.25) is 5.15 Å². The molecule has 2 rings (SSSR count). The summed E-state index contributed by atoms with van der Waals surface area (Å²) in [5, 5.41) is 0.378. The zero-order valence-electron chi connectivity index (χ0n) is 10.9. The molecule has 1 aromatic heterocycles. The second-order valence-corrected chi connectivity index (χ2v) is 4.25. The molecule has 0 N–H and O–H groups in total. The number of rotatable bonds is 5. The molecule has 5 heteroatoms. The van der Waals surface area contributed by atoms with Gasteiger partial charge in [0.2, 0.25) is 5.88 Å². The fourth-order valence-electron chi connectivity index (χ4n) is 1.76. The Kier molecular flexibility index (Phi) is 4.58. The molecular formula is C14H15ClN2O2. The summed E-state index contributed by atoms with van der Waals surface area (Å²) in [6, 6.07) is 9.36. The monoisotopic (exact) mass is 278 g/mol. The summed E-state index contributed by atoms with van der Waals surface area (Å²) >= 11 is 5.96. The van der Waals surface area contributed by atoms with E-state index in [9.17, 15) is 0 Å². The van der Waals surface area contributed by atoms with Crippen LogP contribution in [0.3, 0.4) is 0 Å². The first-order chi connectivity index (χ1) is 9.22. The van der Waals surface area contributed by atoms with Crippen molar-refractivity contribution in [2.45, 2.75) is 13.3 Å². The zero-order chi connectivity index (χ0) is 13.7. The highest BCUT2D eigenvalue weighted by molar-refractivity contribution is 6.29. The zero-order valence-corrected chi connectivity index (χ0v) is 11.6. The predicted octanol–water partition coefficient (Wildman–Crippen LogP) is 3.13. The number of para-hydroxylation sites is 1. The Hall–Kier alpha value is -1.81. The molecule has 0 atom stereocenters. The lowest BCUT2D eigenvalue weighted by Gasteiger charge is -2.08. The molecule has 0 aliphatic heterocycles. The van der Waals surface area contributed by atoms with Crippen LogP contribution in [-0.2, 0) is 6.42 Å². The lowest BCUT2D eigenvalue weighted by atomic mass is 10.1. The molecule has 100 valence electrons. The fraction of sp³-hybridized carbons (Fsp3) is 0.286. The van der Waals surface area contributed by atoms with Crippen molar-refractivity contribution in [2.75, 3.05) is 13.7 Å². The summed E-state index contributed by atoms with van der Waals surface area (Å²) in [7, 11) is 1.64. The van der Waals surface area contributed by atoms with Crippen molar-refractivity contribution in [3.05, 3.63) is 46.9 Å². The first kappa shape index (κ1) is 13.6. The Balaban J connectivity index is 2.27. The Morgan fingerprint density at radius 3 is 2.74 bits per heavy atom. The topological polar surface area (TPSA) is 44.2 Å². The molecule has 0 amide bonds. The minimum Gasteiger partial charge on any atom is -0.496 e. The second kappa shape index (κ2) is 6.38. The van der Waals surface area contributed by atoms with E-state index in [2.05, 4.69) is 9.97 Å². The Morgan fingerprint density at radius 1 is 1.21 bits per heavy atom. The normalized spacial score (nSPS) is 10.3. The molecule has 1 heterocycles. The summed E-state index contributed by atoms with van der Waals surface area (Å²) in [6.45, 7) is 2.44. The van der Waals surface area contributed by atoms with Gasteiger partial charge in [-0.3, -0.25) is 0 Å². The molecule has 0 unspecified atom stereocenters. The maximum Gasteiger partial charge on any atom is 0.218 e. The molecule has 19 heavy (non-hydrogen) atoms. The van der Waals surface area contributed by atoms with E-state index >= 15 is 0 Å². The van der Waals surface area contributed by atoms with Gasteiger partial charge < -0.3 is 9.47 Å². The van der Waals surface area contributed by atoms with E-state index < -0.39 is 0 Å². The van der Waals surface area contributed by atoms with E-state index in [1.807, 2.05) is 31.2 Å². The average molecular weight is 279 g/mol. The quantitative estimate of drug-likeness (QED) is 0.788. The molecule has 0 saturated heterocycles. The van der Waals surface area contributed by atoms with Crippen molar-refractivity contribution in [1.82, 2.24) is 9.97 Å². The first-order valence-corrected chi connectivity index (χ1v) is 6.39. The highest BCUT2D eigenvalue weighted by Crippen LogP contribution is 2.21. The van der Waals surface area contributed by atoms with E-state index in [4.69, 9.17) is 21.1 Å². The standard InChI is InChI=1S/C14H15ClN2O2/c1-3-19-14-9-12(15)16-13(17-14)8-10-6-4-5-7-11(10)18-2/h4-7,9H,3,8H2,1-2H3. The molecule has 0 aliphatic carbocycles. The van der Waals surface area contributed by atoms with Gasteiger partial charge in [-0.2, -0.15) is 4.98 Å². The van der Waals surface area contributed by atoms with Crippen molar-refractivity contribution in [2.24, 2.45) is 0 Å². The molecule has 2 aromatic rings. The van der Waals surface area contributed by atoms with Gasteiger partial charge in [-0.1, -0.05) is 29.8 Å². The van der Waals surface area contributed by atoms with Gasteiger partial charge in [0, 0.05) is 18.1 Å². The van der Waals surface area contributed by atoms with Crippen molar-refractivity contribution in [3.8, 4) is 11.6 Å². The minimum absolute atomic E-state index is 0.378. The second-order valence-electron chi connectivity index (χ2n) is 3.87. The molecule has 0 bridgehead atoms. The molecule has 0 aliphatic rings. The number of halogens is 1. The van der Waals surface area contributed by atoms with Gasteiger partial charge in [-0.25, -0.2) is 4.98 Å². The largest absolute Gasteiger partial charge is 0.496 e. The maximum atomic E-state index is 5.96. The van der Waals surface area contributed by atoms with Crippen LogP contribution in [0, 0.1) is 0 Å². The van der Waals surface area contributed by atoms with Crippen LogP contribution in [-0.4, -0.2) is 23.7 Å². The first-order valence-electron chi connectivity index (χ1n) is 6.01. The number of benzene rings is 1. The molecule has 0 radical (unpaired) electrons. The number of ether oxygens (including phenoxy) is 2. The summed E-state index contributed by atoms with van der Waals surface area (Å²) in [4.78, 5) is 8.53. The maximum absolute atomic E-state index is 5.96. The van der Waals surface area contributed by atoms with Crippen molar-refractivity contribution in [1.29, 1.82) is 0 Å². The number of methoxy groups -OCH3 is 1. The molecule has 1 aromatic carbocycles.